The van der Waals surface area contributed by atoms with Gasteiger partial charge in [-0.1, -0.05) is 0 Å². The first kappa shape index (κ1) is 13.7. The van der Waals surface area contributed by atoms with Crippen molar-refractivity contribution in [2.24, 2.45) is 0 Å². The van der Waals surface area contributed by atoms with Crippen molar-refractivity contribution in [3.05, 3.63) is 0 Å². The molecule has 0 aromatic rings. The lowest BCUT2D eigenvalue weighted by atomic mass is 10.1. The van der Waals surface area contributed by atoms with Gasteiger partial charge in [-0.2, -0.15) is 0 Å². The molecule has 0 aliphatic rings. The van der Waals surface area contributed by atoms with E-state index in [9.17, 15) is 19.1 Å². The van der Waals surface area contributed by atoms with Crippen LogP contribution in [0.25, 0.3) is 0 Å². The summed E-state index contributed by atoms with van der Waals surface area (Å²) in [6.07, 6.45) is -5.92. The molecule has 0 aliphatic heterocycles. The minimum atomic E-state index is -5.43. The third kappa shape index (κ3) is 4.77. The number of phosphoric ester groups is 1. The second-order valence-corrected chi connectivity index (χ2v) is 3.50. The summed E-state index contributed by atoms with van der Waals surface area (Å²) in [5, 5.41) is 26.1. The van der Waals surface area contributed by atoms with Crippen LogP contribution in [0.5, 0.6) is 0 Å². The highest BCUT2D eigenvalue weighted by molar-refractivity contribution is 7.43. The van der Waals surface area contributed by atoms with E-state index in [0.717, 1.165) is 0 Å². The fourth-order valence-electron chi connectivity index (χ4n) is 0.644. The predicted molar refractivity (Wildman–Crippen MR) is 37.6 cm³/mol. The van der Waals surface area contributed by atoms with E-state index in [2.05, 4.69) is 4.52 Å². The van der Waals surface area contributed by atoms with E-state index in [0.29, 0.717) is 0 Å². The molecule has 0 aromatic heterocycles. The number of aliphatic hydroxyl groups is 3. The van der Waals surface area contributed by atoms with Crippen molar-refractivity contribution in [1.29, 1.82) is 0 Å². The van der Waals surface area contributed by atoms with Crippen molar-refractivity contribution < 1.29 is 39.0 Å². The summed E-state index contributed by atoms with van der Waals surface area (Å²) in [6.45, 7) is -0.906. The number of aldehydes is 1. The Labute approximate surface area is 79.0 Å². The molecule has 0 aromatic carbocycles. The van der Waals surface area contributed by atoms with Crippen LogP contribution in [0.15, 0.2) is 0 Å². The van der Waals surface area contributed by atoms with E-state index in [1.165, 1.54) is 0 Å². The summed E-state index contributed by atoms with van der Waals surface area (Å²) in [5.74, 6) is 0. The first-order valence-electron chi connectivity index (χ1n) is 3.44. The van der Waals surface area contributed by atoms with Crippen molar-refractivity contribution in [1.82, 2.24) is 0 Å². The lowest BCUT2D eigenvalue weighted by Gasteiger charge is -2.33. The number of phosphoric acid groups is 1. The standard InChI is InChI=1S/C5H11O8P/c6-1-3(8)5(9)4(2-7)13-14(10,11)12/h2-6,8-9H,1H2,(H2,10,11,12)/p-2/t3-,4+,5-/m1/s1. The summed E-state index contributed by atoms with van der Waals surface area (Å²) in [6, 6.07) is 0. The van der Waals surface area contributed by atoms with E-state index in [-0.39, 0.29) is 6.29 Å². The molecular formula is C5H9O8P-2. The first-order valence-corrected chi connectivity index (χ1v) is 4.90. The quantitative estimate of drug-likeness (QED) is 0.308. The maximum atomic E-state index is 10.2. The molecule has 84 valence electrons. The molecule has 0 spiro atoms. The molecule has 0 fully saturated rings. The summed E-state index contributed by atoms with van der Waals surface area (Å²) in [5.41, 5.74) is 0. The molecule has 0 rings (SSSR count). The van der Waals surface area contributed by atoms with E-state index in [4.69, 9.17) is 15.3 Å². The van der Waals surface area contributed by atoms with Crippen LogP contribution < -0.4 is 9.79 Å². The normalized spacial score (nSPS) is 18.6. The molecule has 3 atom stereocenters. The molecular weight excluding hydrogens is 219 g/mol. The van der Waals surface area contributed by atoms with E-state index in [1.54, 1.807) is 0 Å². The molecule has 3 N–H and O–H groups in total. The average molecular weight is 228 g/mol. The van der Waals surface area contributed by atoms with Gasteiger partial charge in [0, 0.05) is 0 Å². The number of carbonyl (C=O) groups excluding carboxylic acids is 1. The van der Waals surface area contributed by atoms with Gasteiger partial charge in [0.2, 0.25) is 0 Å². The van der Waals surface area contributed by atoms with Gasteiger partial charge in [-0.05, 0) is 0 Å². The zero-order chi connectivity index (χ0) is 11.4. The molecule has 0 heterocycles. The molecule has 0 radical (unpaired) electrons. The van der Waals surface area contributed by atoms with Crippen molar-refractivity contribution >= 4 is 14.1 Å². The van der Waals surface area contributed by atoms with Gasteiger partial charge in [-0.15, -0.1) is 0 Å². The molecule has 0 amide bonds. The first-order chi connectivity index (χ1) is 6.31. The summed E-state index contributed by atoms with van der Waals surface area (Å²) in [4.78, 5) is 30.3. The third-order valence-electron chi connectivity index (χ3n) is 1.30. The molecule has 0 saturated heterocycles. The van der Waals surface area contributed by atoms with Gasteiger partial charge in [0.1, 0.15) is 18.3 Å². The highest BCUT2D eigenvalue weighted by Gasteiger charge is 2.27. The highest BCUT2D eigenvalue weighted by atomic mass is 31.2. The fourth-order valence-corrected chi connectivity index (χ4v) is 1.12. The zero-order valence-corrected chi connectivity index (χ0v) is 7.74. The second kappa shape index (κ2) is 5.52. The maximum Gasteiger partial charge on any atom is 0.151 e. The number of rotatable bonds is 6. The van der Waals surface area contributed by atoms with Gasteiger partial charge in [0.25, 0.3) is 0 Å². The summed E-state index contributed by atoms with van der Waals surface area (Å²) >= 11 is 0. The second-order valence-electron chi connectivity index (χ2n) is 2.39. The number of aliphatic hydroxyl groups excluding tert-OH is 3. The summed E-state index contributed by atoms with van der Waals surface area (Å²) in [7, 11) is -5.43. The van der Waals surface area contributed by atoms with Crippen LogP contribution in [-0.2, 0) is 13.9 Å². The number of hydrogen-bond donors (Lipinski definition) is 3. The molecule has 14 heavy (non-hydrogen) atoms. The van der Waals surface area contributed by atoms with Crippen LogP contribution in [0.2, 0.25) is 0 Å². The van der Waals surface area contributed by atoms with Crippen molar-refractivity contribution in [2.45, 2.75) is 18.3 Å². The molecule has 9 heteroatoms. The Hall–Kier alpha value is -0.340. The van der Waals surface area contributed by atoms with E-state index < -0.39 is 32.7 Å². The molecule has 8 nitrogen and oxygen atoms in total. The Balaban J connectivity index is 4.41. The Bertz CT molecular complexity index is 224. The minimum absolute atomic E-state index is 0.161. The van der Waals surface area contributed by atoms with Crippen LogP contribution >= 0.6 is 7.82 Å². The molecule has 0 aliphatic carbocycles. The SMILES string of the molecule is O=C[C@H](OP(=O)([O-])[O-])[C@H](O)[C@H](O)CO. The largest absolute Gasteiger partial charge is 0.790 e. The van der Waals surface area contributed by atoms with Crippen molar-refractivity contribution in [3.63, 3.8) is 0 Å². The summed E-state index contributed by atoms with van der Waals surface area (Å²) < 4.78 is 13.7. The highest BCUT2D eigenvalue weighted by Crippen LogP contribution is 2.28. The predicted octanol–water partition coefficient (Wildman–Crippen LogP) is -3.89. The van der Waals surface area contributed by atoms with Crippen LogP contribution in [0.4, 0.5) is 0 Å². The smallest absolute Gasteiger partial charge is 0.151 e. The zero-order valence-electron chi connectivity index (χ0n) is 6.85. The Kier molecular flexibility index (Phi) is 5.38. The van der Waals surface area contributed by atoms with Gasteiger partial charge in [-0.25, -0.2) is 0 Å². The monoisotopic (exact) mass is 228 g/mol. The fraction of sp³-hybridized carbons (Fsp3) is 0.800. The van der Waals surface area contributed by atoms with Crippen LogP contribution in [0, 0.1) is 0 Å². The lowest BCUT2D eigenvalue weighted by molar-refractivity contribution is -0.345. The van der Waals surface area contributed by atoms with Crippen LogP contribution in [0.3, 0.4) is 0 Å². The maximum absolute atomic E-state index is 10.2. The van der Waals surface area contributed by atoms with Gasteiger partial charge in [-0.3, -0.25) is 0 Å². The number of carbonyl (C=O) groups is 1. The minimum Gasteiger partial charge on any atom is -0.790 e. The third-order valence-corrected chi connectivity index (χ3v) is 1.80. The van der Waals surface area contributed by atoms with Crippen LogP contribution in [0.1, 0.15) is 0 Å². The lowest BCUT2D eigenvalue weighted by Crippen LogP contribution is -2.42. The van der Waals surface area contributed by atoms with Gasteiger partial charge >= 0.3 is 0 Å². The Morgan fingerprint density at radius 2 is 1.93 bits per heavy atom. The van der Waals surface area contributed by atoms with Crippen LogP contribution in [-0.4, -0.2) is 46.5 Å². The average Bonchev–Trinajstić information content (AvgIpc) is 2.10. The van der Waals surface area contributed by atoms with E-state index in [1.807, 2.05) is 0 Å². The Morgan fingerprint density at radius 1 is 1.43 bits per heavy atom. The van der Waals surface area contributed by atoms with Gasteiger partial charge in [0.15, 0.2) is 6.29 Å². The number of hydrogen-bond acceptors (Lipinski definition) is 8. The molecule has 0 bridgehead atoms. The van der Waals surface area contributed by atoms with Crippen molar-refractivity contribution in [2.75, 3.05) is 6.61 Å². The van der Waals surface area contributed by atoms with E-state index >= 15 is 0 Å². The Morgan fingerprint density at radius 3 is 2.21 bits per heavy atom. The van der Waals surface area contributed by atoms with Gasteiger partial charge < -0.3 is 39.0 Å². The molecule has 0 saturated carbocycles. The topological polar surface area (TPSA) is 150 Å². The van der Waals surface area contributed by atoms with Crippen molar-refractivity contribution in [3.8, 4) is 0 Å². The van der Waals surface area contributed by atoms with Gasteiger partial charge in [0.05, 0.1) is 14.4 Å². The molecule has 0 unspecified atom stereocenters.